The molecule has 0 aromatic heterocycles. The first kappa shape index (κ1) is 36.3. The molecule has 288 valence electrons. The Bertz CT molecular complexity index is 2170. The normalized spacial score (nSPS) is 26.4. The number of rotatable bonds is 10. The Morgan fingerprint density at radius 3 is 1.14 bits per heavy atom. The van der Waals surface area contributed by atoms with Gasteiger partial charge in [-0.25, -0.2) is 0 Å². The van der Waals surface area contributed by atoms with Crippen molar-refractivity contribution in [3.8, 4) is 0 Å². The predicted molar refractivity (Wildman–Crippen MR) is 240 cm³/mol. The lowest BCUT2D eigenvalue weighted by Gasteiger charge is -2.57. The molecule has 0 aliphatic heterocycles. The lowest BCUT2D eigenvalue weighted by Crippen LogP contribution is -2.48. The summed E-state index contributed by atoms with van der Waals surface area (Å²) in [7, 11) is 0. The van der Waals surface area contributed by atoms with Crippen LogP contribution in [0.4, 0.5) is 34.1 Å². The molecule has 0 N–H and O–H groups in total. The number of hydrogen-bond donors (Lipinski definition) is 0. The lowest BCUT2D eigenvalue weighted by atomic mass is 9.48. The van der Waals surface area contributed by atoms with E-state index in [1.165, 1.54) is 109 Å². The summed E-state index contributed by atoms with van der Waals surface area (Å²) in [5.74, 6) is 3.99. The lowest BCUT2D eigenvalue weighted by molar-refractivity contribution is -0.00518. The van der Waals surface area contributed by atoms with E-state index in [1.807, 2.05) is 0 Å². The largest absolute Gasteiger partial charge is 0.311 e. The summed E-state index contributed by atoms with van der Waals surface area (Å²) in [5.41, 5.74) is 12.0. The number of hydrogen-bond acceptors (Lipinski definition) is 2. The van der Waals surface area contributed by atoms with Crippen LogP contribution in [0.2, 0.25) is 0 Å². The van der Waals surface area contributed by atoms with Crippen LogP contribution in [0.5, 0.6) is 0 Å². The van der Waals surface area contributed by atoms with E-state index in [2.05, 4.69) is 187 Å². The van der Waals surface area contributed by atoms with Crippen LogP contribution in [0.25, 0.3) is 0 Å². The Labute approximate surface area is 341 Å². The molecule has 57 heavy (non-hydrogen) atoms. The summed E-state index contributed by atoms with van der Waals surface area (Å²) in [6, 6.07) is 61.7. The smallest absolute Gasteiger partial charge is 0.0461 e. The molecule has 0 saturated heterocycles. The monoisotopic (exact) mass is 746 g/mol. The zero-order valence-corrected chi connectivity index (χ0v) is 33.9. The fraction of sp³-hybridized carbons (Fsp3) is 0.345. The molecule has 5 aliphatic carbocycles. The number of nitrogens with zero attached hydrogens (tertiary/aromatic N) is 2. The highest BCUT2D eigenvalue weighted by Gasteiger charge is 2.51. The van der Waals surface area contributed by atoms with E-state index in [-0.39, 0.29) is 5.41 Å². The van der Waals surface area contributed by atoms with Crippen molar-refractivity contribution < 1.29 is 0 Å². The van der Waals surface area contributed by atoms with Gasteiger partial charge in [-0.05, 0) is 176 Å². The predicted octanol–water partition coefficient (Wildman–Crippen LogP) is 15.2. The van der Waals surface area contributed by atoms with Crippen LogP contribution in [0.3, 0.4) is 0 Å². The maximum atomic E-state index is 2.50. The van der Waals surface area contributed by atoms with E-state index in [9.17, 15) is 0 Å². The standard InChI is InChI=1S/C55H58N2/c1-40(2)53-20-12-13-33-55(53,45-23-29-51(30-24-45)56(47-14-6-3-7-15-47)48-16-8-4-9-17-48)46-25-31-52(32-26-46)57(49-18-10-5-11-19-49)50-27-21-44(22-28-50)54-37-41-34-42(38-54)36-43(35-41)39-54/h3-11,14-19,21-32,40-43,53H,12-13,20,33-39H2,1-2H3. The second kappa shape index (κ2) is 15.0. The van der Waals surface area contributed by atoms with Crippen LogP contribution < -0.4 is 9.80 Å². The fourth-order valence-electron chi connectivity index (χ4n) is 12.9. The summed E-state index contributed by atoms with van der Waals surface area (Å²) in [6.07, 6.45) is 13.7. The Hall–Kier alpha value is -5.08. The fourth-order valence-corrected chi connectivity index (χ4v) is 12.9. The molecule has 6 aromatic rings. The molecule has 0 amide bonds. The quantitative estimate of drug-likeness (QED) is 0.138. The SMILES string of the molecule is CC(C)C1CCCCC1(c1ccc(N(c2ccccc2)c2ccccc2)cc1)c1ccc(N(c2ccccc2)c2ccc(C34CC5CC(CC(C5)C3)C4)cc2)cc1. The van der Waals surface area contributed by atoms with Gasteiger partial charge in [-0.1, -0.05) is 118 Å². The molecule has 2 nitrogen and oxygen atoms in total. The minimum absolute atomic E-state index is 0.0507. The molecule has 11 rings (SSSR count). The molecule has 0 spiro atoms. The second-order valence-electron chi connectivity index (χ2n) is 18.6. The van der Waals surface area contributed by atoms with Gasteiger partial charge < -0.3 is 9.80 Å². The molecule has 0 radical (unpaired) electrons. The van der Waals surface area contributed by atoms with E-state index in [0.29, 0.717) is 17.3 Å². The van der Waals surface area contributed by atoms with Crippen LogP contribution in [-0.4, -0.2) is 0 Å². The molecule has 5 fully saturated rings. The van der Waals surface area contributed by atoms with E-state index in [0.717, 1.165) is 17.8 Å². The third-order valence-corrected chi connectivity index (χ3v) is 14.9. The van der Waals surface area contributed by atoms with Gasteiger partial charge >= 0.3 is 0 Å². The molecular weight excluding hydrogens is 689 g/mol. The summed E-state index contributed by atoms with van der Waals surface area (Å²) >= 11 is 0. The van der Waals surface area contributed by atoms with Crippen molar-refractivity contribution in [3.63, 3.8) is 0 Å². The first-order valence-corrected chi connectivity index (χ1v) is 22.1. The molecule has 4 bridgehead atoms. The van der Waals surface area contributed by atoms with E-state index in [4.69, 9.17) is 0 Å². The highest BCUT2D eigenvalue weighted by molar-refractivity contribution is 5.78. The summed E-state index contributed by atoms with van der Waals surface area (Å²) in [4.78, 5) is 4.84. The molecule has 0 heterocycles. The van der Waals surface area contributed by atoms with E-state index in [1.54, 1.807) is 5.56 Å². The van der Waals surface area contributed by atoms with Crippen molar-refractivity contribution in [3.05, 3.63) is 180 Å². The minimum Gasteiger partial charge on any atom is -0.311 e. The van der Waals surface area contributed by atoms with Crippen molar-refractivity contribution in [2.24, 2.45) is 29.6 Å². The molecule has 5 aliphatic rings. The van der Waals surface area contributed by atoms with Gasteiger partial charge in [0.15, 0.2) is 0 Å². The topological polar surface area (TPSA) is 6.48 Å². The Kier molecular flexibility index (Phi) is 9.56. The van der Waals surface area contributed by atoms with Gasteiger partial charge in [-0.15, -0.1) is 0 Å². The van der Waals surface area contributed by atoms with Crippen molar-refractivity contribution in [1.29, 1.82) is 0 Å². The van der Waals surface area contributed by atoms with Crippen LogP contribution in [-0.2, 0) is 10.8 Å². The van der Waals surface area contributed by atoms with Gasteiger partial charge in [0.25, 0.3) is 0 Å². The van der Waals surface area contributed by atoms with Gasteiger partial charge in [-0.2, -0.15) is 0 Å². The van der Waals surface area contributed by atoms with E-state index >= 15 is 0 Å². The van der Waals surface area contributed by atoms with Crippen molar-refractivity contribution in [1.82, 2.24) is 0 Å². The molecule has 2 unspecified atom stereocenters. The van der Waals surface area contributed by atoms with Gasteiger partial charge in [0.1, 0.15) is 0 Å². The highest BCUT2D eigenvalue weighted by Crippen LogP contribution is 2.61. The van der Waals surface area contributed by atoms with Crippen LogP contribution in [0, 0.1) is 29.6 Å². The third-order valence-electron chi connectivity index (χ3n) is 14.9. The summed E-state index contributed by atoms with van der Waals surface area (Å²) in [5, 5.41) is 0. The number of para-hydroxylation sites is 3. The minimum atomic E-state index is -0.0507. The molecular formula is C55H58N2. The van der Waals surface area contributed by atoms with Crippen LogP contribution in [0.1, 0.15) is 94.7 Å². The third kappa shape index (κ3) is 6.60. The molecule has 5 saturated carbocycles. The second-order valence-corrected chi connectivity index (χ2v) is 18.6. The number of anilines is 6. The van der Waals surface area contributed by atoms with Crippen molar-refractivity contribution in [2.75, 3.05) is 9.80 Å². The van der Waals surface area contributed by atoms with E-state index < -0.39 is 0 Å². The molecule has 2 atom stereocenters. The zero-order valence-electron chi connectivity index (χ0n) is 33.9. The van der Waals surface area contributed by atoms with Gasteiger partial charge in [0.05, 0.1) is 0 Å². The molecule has 2 heteroatoms. The van der Waals surface area contributed by atoms with Crippen molar-refractivity contribution in [2.45, 2.75) is 88.9 Å². The Morgan fingerprint density at radius 2 is 0.772 bits per heavy atom. The van der Waals surface area contributed by atoms with Gasteiger partial charge in [-0.3, -0.25) is 0 Å². The zero-order chi connectivity index (χ0) is 38.4. The van der Waals surface area contributed by atoms with Crippen LogP contribution >= 0.6 is 0 Å². The average molecular weight is 747 g/mol. The first-order valence-electron chi connectivity index (χ1n) is 22.1. The first-order chi connectivity index (χ1) is 28.0. The Morgan fingerprint density at radius 1 is 0.421 bits per heavy atom. The number of benzene rings is 6. The average Bonchev–Trinajstić information content (AvgIpc) is 3.25. The summed E-state index contributed by atoms with van der Waals surface area (Å²) in [6.45, 7) is 4.90. The highest BCUT2D eigenvalue weighted by atomic mass is 15.1. The summed E-state index contributed by atoms with van der Waals surface area (Å²) < 4.78 is 0. The van der Waals surface area contributed by atoms with Crippen LogP contribution in [0.15, 0.2) is 164 Å². The molecule has 6 aromatic carbocycles. The van der Waals surface area contributed by atoms with Crippen molar-refractivity contribution >= 4 is 34.1 Å². The van der Waals surface area contributed by atoms with Gasteiger partial charge in [0.2, 0.25) is 0 Å². The van der Waals surface area contributed by atoms with Gasteiger partial charge in [0, 0.05) is 39.5 Å². The maximum Gasteiger partial charge on any atom is 0.0461 e. The maximum absolute atomic E-state index is 2.50. The Balaban J connectivity index is 1.01.